The van der Waals surface area contributed by atoms with Crippen molar-refractivity contribution >= 4 is 11.6 Å². The minimum atomic E-state index is -0.108. The van der Waals surface area contributed by atoms with E-state index in [-0.39, 0.29) is 17.9 Å². The third kappa shape index (κ3) is 2.89. The number of hydrogen-bond donors (Lipinski definition) is 1. The van der Waals surface area contributed by atoms with E-state index in [0.717, 1.165) is 18.0 Å². The molecule has 0 aromatic heterocycles. The topological polar surface area (TPSA) is 41.6 Å². The minimum absolute atomic E-state index is 0.108. The van der Waals surface area contributed by atoms with Crippen LogP contribution in [0.1, 0.15) is 20.8 Å². The van der Waals surface area contributed by atoms with Gasteiger partial charge in [0, 0.05) is 13.1 Å². The first-order valence-electron chi connectivity index (χ1n) is 6.91. The zero-order valence-corrected chi connectivity index (χ0v) is 11.8. The molecule has 1 aliphatic rings. The molecule has 19 heavy (non-hydrogen) atoms. The number of nitrogens with zero attached hydrogens (tertiary/aromatic N) is 1. The summed E-state index contributed by atoms with van der Waals surface area (Å²) in [6, 6.07) is 7.63. The highest BCUT2D eigenvalue weighted by Gasteiger charge is 2.32. The van der Waals surface area contributed by atoms with Gasteiger partial charge < -0.3 is 15.0 Å². The molecule has 0 radical (unpaired) electrons. The van der Waals surface area contributed by atoms with Gasteiger partial charge in [-0.25, -0.2) is 0 Å². The van der Waals surface area contributed by atoms with Gasteiger partial charge in [-0.15, -0.1) is 0 Å². The lowest BCUT2D eigenvalue weighted by molar-refractivity contribution is -0.122. The second-order valence-corrected chi connectivity index (χ2v) is 5.07. The lowest BCUT2D eigenvalue weighted by Gasteiger charge is -2.35. The first-order valence-corrected chi connectivity index (χ1v) is 6.91. The third-order valence-electron chi connectivity index (χ3n) is 3.35. The number of para-hydroxylation sites is 2. The number of hydrogen-bond acceptors (Lipinski definition) is 3. The standard InChI is InChI=1S/C15H22N2O2/c1-4-19-13-8-6-5-7-12(13)17-10-9-16-14(11(2)3)15(17)18/h5-8,11,14,16H,4,9-10H2,1-3H3. The molecule has 2 rings (SSSR count). The van der Waals surface area contributed by atoms with Crippen molar-refractivity contribution in [3.05, 3.63) is 24.3 Å². The van der Waals surface area contributed by atoms with Crippen molar-refractivity contribution in [1.82, 2.24) is 5.32 Å². The van der Waals surface area contributed by atoms with Crippen molar-refractivity contribution in [2.75, 3.05) is 24.6 Å². The van der Waals surface area contributed by atoms with E-state index in [1.165, 1.54) is 0 Å². The number of amides is 1. The fourth-order valence-electron chi connectivity index (χ4n) is 2.41. The Morgan fingerprint density at radius 2 is 2.16 bits per heavy atom. The molecule has 1 fully saturated rings. The predicted molar refractivity (Wildman–Crippen MR) is 76.6 cm³/mol. The highest BCUT2D eigenvalue weighted by atomic mass is 16.5. The molecule has 0 saturated carbocycles. The Balaban J connectivity index is 2.28. The molecule has 104 valence electrons. The predicted octanol–water partition coefficient (Wildman–Crippen LogP) is 2.05. The zero-order chi connectivity index (χ0) is 13.8. The van der Waals surface area contributed by atoms with Gasteiger partial charge in [-0.1, -0.05) is 26.0 Å². The summed E-state index contributed by atoms with van der Waals surface area (Å²) in [7, 11) is 0. The van der Waals surface area contributed by atoms with Crippen LogP contribution in [-0.2, 0) is 4.79 Å². The fraction of sp³-hybridized carbons (Fsp3) is 0.533. The Bertz CT molecular complexity index is 446. The highest BCUT2D eigenvalue weighted by Crippen LogP contribution is 2.29. The van der Waals surface area contributed by atoms with Crippen LogP contribution in [0.3, 0.4) is 0 Å². The molecule has 1 unspecified atom stereocenters. The van der Waals surface area contributed by atoms with Gasteiger partial charge >= 0.3 is 0 Å². The second kappa shape index (κ2) is 6.06. The van der Waals surface area contributed by atoms with Crippen LogP contribution in [0.5, 0.6) is 5.75 Å². The molecule has 0 bridgehead atoms. The Hall–Kier alpha value is -1.55. The van der Waals surface area contributed by atoms with E-state index in [1.54, 1.807) is 0 Å². The normalized spacial score (nSPS) is 19.9. The summed E-state index contributed by atoms with van der Waals surface area (Å²) in [5.74, 6) is 1.20. The number of benzene rings is 1. The molecular weight excluding hydrogens is 240 g/mol. The highest BCUT2D eigenvalue weighted by molar-refractivity contribution is 5.99. The summed E-state index contributed by atoms with van der Waals surface area (Å²) in [6.07, 6.45) is 0. The first kappa shape index (κ1) is 13.9. The molecule has 1 N–H and O–H groups in total. The first-order chi connectivity index (χ1) is 9.15. The van der Waals surface area contributed by atoms with E-state index < -0.39 is 0 Å². The van der Waals surface area contributed by atoms with Crippen molar-refractivity contribution in [2.24, 2.45) is 5.92 Å². The van der Waals surface area contributed by atoms with Crippen LogP contribution in [-0.4, -0.2) is 31.6 Å². The number of piperazine rings is 1. The number of nitrogens with one attached hydrogen (secondary N) is 1. The van der Waals surface area contributed by atoms with E-state index in [9.17, 15) is 4.79 Å². The van der Waals surface area contributed by atoms with Crippen molar-refractivity contribution in [2.45, 2.75) is 26.8 Å². The number of ether oxygens (including phenoxy) is 1. The van der Waals surface area contributed by atoms with E-state index in [2.05, 4.69) is 19.2 Å². The Kier molecular flexibility index (Phi) is 4.43. The maximum Gasteiger partial charge on any atom is 0.244 e. The number of carbonyl (C=O) groups excluding carboxylic acids is 1. The number of anilines is 1. The molecule has 1 amide bonds. The molecule has 1 aromatic carbocycles. The van der Waals surface area contributed by atoms with Crippen LogP contribution in [0, 0.1) is 5.92 Å². The quantitative estimate of drug-likeness (QED) is 0.903. The van der Waals surface area contributed by atoms with Crippen molar-refractivity contribution in [3.63, 3.8) is 0 Å². The van der Waals surface area contributed by atoms with Gasteiger partial charge in [-0.05, 0) is 25.0 Å². The van der Waals surface area contributed by atoms with E-state index in [0.29, 0.717) is 13.2 Å². The maximum absolute atomic E-state index is 12.5. The van der Waals surface area contributed by atoms with Gasteiger partial charge in [0.2, 0.25) is 5.91 Å². The minimum Gasteiger partial charge on any atom is -0.492 e. The van der Waals surface area contributed by atoms with Crippen molar-refractivity contribution in [3.8, 4) is 5.75 Å². The molecular formula is C15H22N2O2. The monoisotopic (exact) mass is 262 g/mol. The molecule has 4 nitrogen and oxygen atoms in total. The SMILES string of the molecule is CCOc1ccccc1N1CCNC(C(C)C)C1=O. The Morgan fingerprint density at radius 1 is 1.42 bits per heavy atom. The summed E-state index contributed by atoms with van der Waals surface area (Å²) in [4.78, 5) is 14.4. The van der Waals surface area contributed by atoms with Gasteiger partial charge in [0.05, 0.1) is 18.3 Å². The van der Waals surface area contributed by atoms with Crippen LogP contribution in [0.4, 0.5) is 5.69 Å². The molecule has 1 aliphatic heterocycles. The van der Waals surface area contributed by atoms with E-state index in [4.69, 9.17) is 4.74 Å². The molecule has 4 heteroatoms. The lowest BCUT2D eigenvalue weighted by Crippen LogP contribution is -2.57. The van der Waals surface area contributed by atoms with Gasteiger partial charge in [0.15, 0.2) is 0 Å². The van der Waals surface area contributed by atoms with Crippen molar-refractivity contribution < 1.29 is 9.53 Å². The largest absolute Gasteiger partial charge is 0.492 e. The number of carbonyl (C=O) groups is 1. The molecule has 0 spiro atoms. The van der Waals surface area contributed by atoms with E-state index >= 15 is 0 Å². The molecule has 1 saturated heterocycles. The summed E-state index contributed by atoms with van der Waals surface area (Å²) in [5.41, 5.74) is 0.876. The van der Waals surface area contributed by atoms with Crippen LogP contribution in [0.15, 0.2) is 24.3 Å². The van der Waals surface area contributed by atoms with Gasteiger partial charge in [0.25, 0.3) is 0 Å². The van der Waals surface area contributed by atoms with Gasteiger partial charge in [-0.3, -0.25) is 4.79 Å². The summed E-state index contributed by atoms with van der Waals surface area (Å²) in [5, 5.41) is 3.29. The van der Waals surface area contributed by atoms with Crippen LogP contribution >= 0.6 is 0 Å². The summed E-state index contributed by atoms with van der Waals surface area (Å²) in [6.45, 7) is 8.18. The average molecular weight is 262 g/mol. The molecule has 1 heterocycles. The van der Waals surface area contributed by atoms with Gasteiger partial charge in [0.1, 0.15) is 5.75 Å². The average Bonchev–Trinajstić information content (AvgIpc) is 2.40. The van der Waals surface area contributed by atoms with Crippen LogP contribution in [0.25, 0.3) is 0 Å². The fourth-order valence-corrected chi connectivity index (χ4v) is 2.41. The molecule has 1 atom stereocenters. The smallest absolute Gasteiger partial charge is 0.244 e. The van der Waals surface area contributed by atoms with E-state index in [1.807, 2.05) is 36.1 Å². The Morgan fingerprint density at radius 3 is 2.84 bits per heavy atom. The maximum atomic E-state index is 12.5. The second-order valence-electron chi connectivity index (χ2n) is 5.07. The van der Waals surface area contributed by atoms with Gasteiger partial charge in [-0.2, -0.15) is 0 Å². The molecule has 0 aliphatic carbocycles. The zero-order valence-electron chi connectivity index (χ0n) is 11.8. The van der Waals surface area contributed by atoms with Crippen LogP contribution < -0.4 is 15.0 Å². The Labute approximate surface area is 114 Å². The third-order valence-corrected chi connectivity index (χ3v) is 3.35. The lowest BCUT2D eigenvalue weighted by atomic mass is 10.0. The summed E-state index contributed by atoms with van der Waals surface area (Å²) < 4.78 is 5.62. The summed E-state index contributed by atoms with van der Waals surface area (Å²) >= 11 is 0. The molecule has 1 aromatic rings. The van der Waals surface area contributed by atoms with Crippen molar-refractivity contribution in [1.29, 1.82) is 0 Å². The number of rotatable bonds is 4. The van der Waals surface area contributed by atoms with Crippen LogP contribution in [0.2, 0.25) is 0 Å².